The number of halogens is 1. The smallest absolute Gasteiger partial charge is 0.414 e. The molecule has 1 fully saturated rings. The molecule has 1 amide bonds. The van der Waals surface area contributed by atoms with E-state index in [1.54, 1.807) is 30.0 Å². The van der Waals surface area contributed by atoms with Gasteiger partial charge in [0.15, 0.2) is 0 Å². The Balaban J connectivity index is 2.10. The molecular formula is C14H14FN3O3. The quantitative estimate of drug-likeness (QED) is 0.933. The highest BCUT2D eigenvalue weighted by Gasteiger charge is 2.34. The maximum absolute atomic E-state index is 14.3. The number of hydrogen-bond donors (Lipinski definition) is 1. The number of imidazole rings is 1. The largest absolute Gasteiger partial charge is 0.441 e. The highest BCUT2D eigenvalue weighted by atomic mass is 19.1. The van der Waals surface area contributed by atoms with E-state index >= 15 is 0 Å². The highest BCUT2D eigenvalue weighted by Crippen LogP contribution is 2.31. The Morgan fingerprint density at radius 2 is 2.33 bits per heavy atom. The molecule has 1 saturated heterocycles. The molecule has 21 heavy (non-hydrogen) atoms. The number of nitrogens with zero attached hydrogens (tertiary/aromatic N) is 3. The van der Waals surface area contributed by atoms with Crippen LogP contribution in [0.5, 0.6) is 0 Å². The number of cyclic esters (lactones) is 1. The highest BCUT2D eigenvalue weighted by molar-refractivity contribution is 5.92. The van der Waals surface area contributed by atoms with Crippen LogP contribution in [0.3, 0.4) is 0 Å². The van der Waals surface area contributed by atoms with Crippen molar-refractivity contribution in [2.24, 2.45) is 0 Å². The van der Waals surface area contributed by atoms with Crippen LogP contribution in [0.25, 0.3) is 5.69 Å². The summed E-state index contributed by atoms with van der Waals surface area (Å²) in [4.78, 5) is 17.3. The number of rotatable bonds is 3. The number of hydrogen-bond acceptors (Lipinski definition) is 4. The first-order chi connectivity index (χ1) is 10.1. The molecule has 1 aromatic carbocycles. The molecule has 0 bridgehead atoms. The summed E-state index contributed by atoms with van der Waals surface area (Å²) in [7, 11) is 0. The van der Waals surface area contributed by atoms with E-state index in [1.807, 2.05) is 0 Å². The Labute approximate surface area is 120 Å². The van der Waals surface area contributed by atoms with Crippen molar-refractivity contribution >= 4 is 11.8 Å². The minimum Gasteiger partial charge on any atom is -0.441 e. The Kier molecular flexibility index (Phi) is 3.34. The molecule has 1 atom stereocenters. The van der Waals surface area contributed by atoms with Crippen LogP contribution in [0.15, 0.2) is 30.6 Å². The molecule has 3 rings (SSSR count). The van der Waals surface area contributed by atoms with Crippen LogP contribution in [0.1, 0.15) is 5.82 Å². The van der Waals surface area contributed by atoms with Crippen LogP contribution in [-0.4, -0.2) is 40.0 Å². The number of benzene rings is 1. The zero-order valence-electron chi connectivity index (χ0n) is 11.4. The van der Waals surface area contributed by atoms with Gasteiger partial charge in [-0.3, -0.25) is 9.47 Å². The first kappa shape index (κ1) is 13.6. The summed E-state index contributed by atoms with van der Waals surface area (Å²) in [5.41, 5.74) is 0.625. The number of carbonyl (C=O) groups is 1. The van der Waals surface area contributed by atoms with Crippen molar-refractivity contribution in [3.63, 3.8) is 0 Å². The van der Waals surface area contributed by atoms with E-state index in [9.17, 15) is 9.18 Å². The molecule has 1 aliphatic heterocycles. The minimum absolute atomic E-state index is 0.180. The fourth-order valence-electron chi connectivity index (χ4n) is 2.39. The van der Waals surface area contributed by atoms with Crippen molar-refractivity contribution in [2.45, 2.75) is 13.0 Å². The average molecular weight is 291 g/mol. The lowest BCUT2D eigenvalue weighted by Crippen LogP contribution is -2.27. The van der Waals surface area contributed by atoms with Gasteiger partial charge in [0.05, 0.1) is 18.8 Å². The minimum atomic E-state index is -0.600. The maximum atomic E-state index is 14.3. The van der Waals surface area contributed by atoms with E-state index in [0.29, 0.717) is 11.5 Å². The summed E-state index contributed by atoms with van der Waals surface area (Å²) in [6, 6.07) is 4.49. The fraction of sp³-hybridized carbons (Fsp3) is 0.286. The van der Waals surface area contributed by atoms with Crippen LogP contribution in [0, 0.1) is 12.7 Å². The molecule has 0 aliphatic carbocycles. The molecule has 6 nitrogen and oxygen atoms in total. The number of ether oxygens (including phenoxy) is 1. The zero-order chi connectivity index (χ0) is 15.0. The molecule has 1 N–H and O–H groups in total. The second kappa shape index (κ2) is 5.17. The summed E-state index contributed by atoms with van der Waals surface area (Å²) >= 11 is 0. The summed E-state index contributed by atoms with van der Waals surface area (Å²) in [6.07, 6.45) is 1.99. The van der Waals surface area contributed by atoms with Crippen LogP contribution >= 0.6 is 0 Å². The molecule has 2 aromatic rings. The number of para-hydroxylation sites is 1. The van der Waals surface area contributed by atoms with Crippen molar-refractivity contribution in [1.82, 2.24) is 9.55 Å². The van der Waals surface area contributed by atoms with E-state index < -0.39 is 18.0 Å². The van der Waals surface area contributed by atoms with Gasteiger partial charge in [0, 0.05) is 12.4 Å². The number of aryl methyl sites for hydroxylation is 1. The fourth-order valence-corrected chi connectivity index (χ4v) is 2.39. The van der Waals surface area contributed by atoms with E-state index in [-0.39, 0.29) is 18.8 Å². The third-order valence-corrected chi connectivity index (χ3v) is 3.40. The number of anilines is 1. The lowest BCUT2D eigenvalue weighted by atomic mass is 10.2. The Bertz CT molecular complexity index is 686. The van der Waals surface area contributed by atoms with Crippen molar-refractivity contribution < 1.29 is 19.0 Å². The number of aliphatic hydroxyl groups is 1. The van der Waals surface area contributed by atoms with Gasteiger partial charge in [0.1, 0.15) is 23.4 Å². The van der Waals surface area contributed by atoms with Crippen LogP contribution in [0.2, 0.25) is 0 Å². The molecule has 7 heteroatoms. The Hall–Kier alpha value is -2.41. The van der Waals surface area contributed by atoms with Crippen molar-refractivity contribution in [1.29, 1.82) is 0 Å². The van der Waals surface area contributed by atoms with Gasteiger partial charge in [0.2, 0.25) is 0 Å². The number of carbonyl (C=O) groups excluding carboxylic acids is 1. The molecule has 0 unspecified atom stereocenters. The van der Waals surface area contributed by atoms with Gasteiger partial charge in [-0.1, -0.05) is 6.07 Å². The van der Waals surface area contributed by atoms with Gasteiger partial charge < -0.3 is 9.84 Å². The SMILES string of the molecule is Cc1nccn1-c1c(F)cccc1N1C[C@H](CO)OC1=O. The lowest BCUT2D eigenvalue weighted by molar-refractivity contribution is 0.0963. The van der Waals surface area contributed by atoms with Crippen LogP contribution in [0.4, 0.5) is 14.9 Å². The average Bonchev–Trinajstić information content (AvgIpc) is 3.04. The molecular weight excluding hydrogens is 277 g/mol. The topological polar surface area (TPSA) is 67.6 Å². The van der Waals surface area contributed by atoms with Gasteiger partial charge in [-0.25, -0.2) is 14.2 Å². The molecule has 1 aromatic heterocycles. The summed E-state index contributed by atoms with van der Waals surface area (Å²) < 4.78 is 20.9. The van der Waals surface area contributed by atoms with Crippen LogP contribution in [-0.2, 0) is 4.74 Å². The van der Waals surface area contributed by atoms with Crippen molar-refractivity contribution in [3.8, 4) is 5.69 Å². The van der Waals surface area contributed by atoms with Gasteiger partial charge in [-0.15, -0.1) is 0 Å². The first-order valence-corrected chi connectivity index (χ1v) is 6.49. The third kappa shape index (κ3) is 2.25. The third-order valence-electron chi connectivity index (χ3n) is 3.40. The van der Waals surface area contributed by atoms with E-state index in [2.05, 4.69) is 4.98 Å². The summed E-state index contributed by atoms with van der Waals surface area (Å²) in [5.74, 6) is 0.140. The first-order valence-electron chi connectivity index (χ1n) is 6.49. The van der Waals surface area contributed by atoms with Crippen molar-refractivity contribution in [2.75, 3.05) is 18.1 Å². The molecule has 1 aliphatic rings. The van der Waals surface area contributed by atoms with E-state index in [4.69, 9.17) is 9.84 Å². The molecule has 0 saturated carbocycles. The predicted molar refractivity (Wildman–Crippen MR) is 73.0 cm³/mol. The standard InChI is InChI=1S/C14H14FN3O3/c1-9-16-5-6-17(9)13-11(15)3-2-4-12(13)18-7-10(8-19)21-14(18)20/h2-6,10,19H,7-8H2,1H3/t10-/m1/s1. The lowest BCUT2D eigenvalue weighted by Gasteiger charge is -2.19. The second-order valence-electron chi connectivity index (χ2n) is 4.75. The number of amides is 1. The second-order valence-corrected chi connectivity index (χ2v) is 4.75. The summed E-state index contributed by atoms with van der Waals surface area (Å²) in [6.45, 7) is 1.66. The Morgan fingerprint density at radius 1 is 1.52 bits per heavy atom. The molecule has 2 heterocycles. The monoisotopic (exact) mass is 291 g/mol. The maximum Gasteiger partial charge on any atom is 0.414 e. The van der Waals surface area contributed by atoms with E-state index in [0.717, 1.165) is 0 Å². The zero-order valence-corrected chi connectivity index (χ0v) is 11.4. The van der Waals surface area contributed by atoms with Gasteiger partial charge in [0.25, 0.3) is 0 Å². The van der Waals surface area contributed by atoms with Crippen LogP contribution < -0.4 is 4.90 Å². The van der Waals surface area contributed by atoms with Gasteiger partial charge >= 0.3 is 6.09 Å². The molecule has 110 valence electrons. The normalized spacial score (nSPS) is 18.1. The number of aromatic nitrogens is 2. The van der Waals surface area contributed by atoms with Gasteiger partial charge in [-0.2, -0.15) is 0 Å². The Morgan fingerprint density at radius 3 is 2.95 bits per heavy atom. The molecule has 0 spiro atoms. The van der Waals surface area contributed by atoms with Gasteiger partial charge in [-0.05, 0) is 19.1 Å². The predicted octanol–water partition coefficient (Wildman–Crippen LogP) is 1.64. The summed E-state index contributed by atoms with van der Waals surface area (Å²) in [5, 5.41) is 9.11. The van der Waals surface area contributed by atoms with E-state index in [1.165, 1.54) is 17.0 Å². The van der Waals surface area contributed by atoms with Crippen molar-refractivity contribution in [3.05, 3.63) is 42.2 Å². The number of aliphatic hydroxyl groups excluding tert-OH is 1. The molecule has 0 radical (unpaired) electrons.